The van der Waals surface area contributed by atoms with Crippen LogP contribution >= 0.6 is 0 Å². The third kappa shape index (κ3) is 3.55. The number of nitrogens with one attached hydrogen (secondary N) is 1. The van der Waals surface area contributed by atoms with Gasteiger partial charge < -0.3 is 24.8 Å². The smallest absolute Gasteiger partial charge is 0.317 e. The van der Waals surface area contributed by atoms with Crippen LogP contribution in [0.15, 0.2) is 18.2 Å². The molecule has 7 nitrogen and oxygen atoms in total. The van der Waals surface area contributed by atoms with Crippen LogP contribution in [0.1, 0.15) is 31.9 Å². The number of carboxylic acids is 1. The van der Waals surface area contributed by atoms with E-state index in [2.05, 4.69) is 5.32 Å². The highest BCUT2D eigenvalue weighted by molar-refractivity contribution is 5.79. The van der Waals surface area contributed by atoms with Gasteiger partial charge in [0.1, 0.15) is 11.5 Å². The number of carbonyl (C=O) groups excluding carboxylic acids is 1. The first-order valence-electron chi connectivity index (χ1n) is 7.81. The SMILES string of the molecule is COc1ccc(OC)c(C(C)NC(=O)N2CCC(C)(C(=O)O)C2)c1. The molecule has 1 fully saturated rings. The fourth-order valence-corrected chi connectivity index (χ4v) is 2.84. The zero-order chi connectivity index (χ0) is 17.9. The van der Waals surface area contributed by atoms with Gasteiger partial charge in [-0.3, -0.25) is 4.79 Å². The molecule has 0 saturated carbocycles. The molecule has 2 N–H and O–H groups in total. The maximum atomic E-state index is 12.4. The largest absolute Gasteiger partial charge is 0.497 e. The lowest BCUT2D eigenvalue weighted by Crippen LogP contribution is -2.41. The Balaban J connectivity index is 2.08. The minimum absolute atomic E-state index is 0.204. The van der Waals surface area contributed by atoms with E-state index in [-0.39, 0.29) is 18.6 Å². The Morgan fingerprint density at radius 3 is 2.58 bits per heavy atom. The Bertz CT molecular complexity index is 633. The van der Waals surface area contributed by atoms with E-state index in [0.717, 1.165) is 5.56 Å². The van der Waals surface area contributed by atoms with Crippen LogP contribution in [-0.4, -0.2) is 49.3 Å². The number of likely N-dealkylation sites (tertiary alicyclic amines) is 1. The normalized spacial score (nSPS) is 21.2. The molecule has 0 bridgehead atoms. The van der Waals surface area contributed by atoms with Crippen LogP contribution < -0.4 is 14.8 Å². The summed E-state index contributed by atoms with van der Waals surface area (Å²) >= 11 is 0. The monoisotopic (exact) mass is 336 g/mol. The van der Waals surface area contributed by atoms with E-state index in [1.165, 1.54) is 4.90 Å². The number of benzene rings is 1. The van der Waals surface area contributed by atoms with Crippen molar-refractivity contribution in [3.05, 3.63) is 23.8 Å². The molecule has 0 aromatic heterocycles. The number of nitrogens with zero attached hydrogens (tertiary/aromatic N) is 1. The minimum Gasteiger partial charge on any atom is -0.497 e. The second kappa shape index (κ2) is 6.98. The van der Waals surface area contributed by atoms with Crippen LogP contribution in [0.4, 0.5) is 4.79 Å². The molecule has 0 aliphatic carbocycles. The third-order valence-electron chi connectivity index (χ3n) is 4.52. The lowest BCUT2D eigenvalue weighted by Gasteiger charge is -2.24. The molecular weight excluding hydrogens is 312 g/mol. The molecule has 1 heterocycles. The third-order valence-corrected chi connectivity index (χ3v) is 4.52. The van der Waals surface area contributed by atoms with Gasteiger partial charge in [-0.15, -0.1) is 0 Å². The number of aliphatic carboxylic acids is 1. The van der Waals surface area contributed by atoms with Crippen molar-refractivity contribution in [2.75, 3.05) is 27.3 Å². The molecular formula is C17H24N2O5. The maximum Gasteiger partial charge on any atom is 0.317 e. The molecule has 2 rings (SSSR count). The molecule has 1 aliphatic rings. The van der Waals surface area contributed by atoms with Crippen molar-refractivity contribution in [1.29, 1.82) is 0 Å². The quantitative estimate of drug-likeness (QED) is 0.861. The van der Waals surface area contributed by atoms with E-state index in [1.54, 1.807) is 33.3 Å². The summed E-state index contributed by atoms with van der Waals surface area (Å²) in [5.41, 5.74) is -0.0841. The number of carbonyl (C=O) groups is 2. The number of hydrogen-bond acceptors (Lipinski definition) is 4. The van der Waals surface area contributed by atoms with Crippen molar-refractivity contribution < 1.29 is 24.2 Å². The van der Waals surface area contributed by atoms with Crippen LogP contribution in [0.5, 0.6) is 11.5 Å². The molecule has 0 radical (unpaired) electrons. The number of carboxylic acid groups (broad SMARTS) is 1. The lowest BCUT2D eigenvalue weighted by atomic mass is 9.90. The molecule has 2 amide bonds. The van der Waals surface area contributed by atoms with Gasteiger partial charge in [0.25, 0.3) is 0 Å². The average Bonchev–Trinajstić information content (AvgIpc) is 2.98. The standard InChI is InChI=1S/C17H24N2O5/c1-11(13-9-12(23-3)5-6-14(13)24-4)18-16(22)19-8-7-17(2,10-19)15(20)21/h5-6,9,11H,7-8,10H2,1-4H3,(H,18,22)(H,20,21). The number of urea groups is 1. The van der Waals surface area contributed by atoms with Crippen molar-refractivity contribution in [3.8, 4) is 11.5 Å². The van der Waals surface area contributed by atoms with Crippen molar-refractivity contribution in [2.45, 2.75) is 26.3 Å². The van der Waals surface area contributed by atoms with Crippen LogP contribution in [0.25, 0.3) is 0 Å². The van der Waals surface area contributed by atoms with Gasteiger partial charge in [-0.25, -0.2) is 4.79 Å². The van der Waals surface area contributed by atoms with E-state index in [9.17, 15) is 14.7 Å². The van der Waals surface area contributed by atoms with Crippen molar-refractivity contribution in [3.63, 3.8) is 0 Å². The Kier molecular flexibility index (Phi) is 5.21. The minimum atomic E-state index is -0.881. The van der Waals surface area contributed by atoms with Gasteiger partial charge in [0, 0.05) is 18.7 Å². The second-order valence-electron chi connectivity index (χ2n) is 6.32. The van der Waals surface area contributed by atoms with Gasteiger partial charge in [-0.1, -0.05) is 0 Å². The predicted molar refractivity (Wildman–Crippen MR) is 88.4 cm³/mol. The molecule has 1 aromatic rings. The summed E-state index contributed by atoms with van der Waals surface area (Å²) in [4.78, 5) is 25.3. The molecule has 1 saturated heterocycles. The average molecular weight is 336 g/mol. The van der Waals surface area contributed by atoms with Crippen LogP contribution in [-0.2, 0) is 4.79 Å². The van der Waals surface area contributed by atoms with Gasteiger partial charge >= 0.3 is 12.0 Å². The maximum absolute atomic E-state index is 12.4. The zero-order valence-electron chi connectivity index (χ0n) is 14.5. The lowest BCUT2D eigenvalue weighted by molar-refractivity contribution is -0.147. The number of hydrogen-bond donors (Lipinski definition) is 2. The predicted octanol–water partition coefficient (Wildman–Crippen LogP) is 2.27. The Morgan fingerprint density at radius 1 is 1.33 bits per heavy atom. The second-order valence-corrected chi connectivity index (χ2v) is 6.32. The number of methoxy groups -OCH3 is 2. The molecule has 7 heteroatoms. The molecule has 24 heavy (non-hydrogen) atoms. The van der Waals surface area contributed by atoms with Crippen molar-refractivity contribution in [1.82, 2.24) is 10.2 Å². The summed E-state index contributed by atoms with van der Waals surface area (Å²) in [5.74, 6) is 0.451. The highest BCUT2D eigenvalue weighted by atomic mass is 16.5. The van der Waals surface area contributed by atoms with E-state index >= 15 is 0 Å². The van der Waals surface area contributed by atoms with Crippen molar-refractivity contribution in [2.24, 2.45) is 5.41 Å². The summed E-state index contributed by atoms with van der Waals surface area (Å²) in [6.45, 7) is 4.14. The van der Waals surface area contributed by atoms with Crippen LogP contribution in [0.2, 0.25) is 0 Å². The summed E-state index contributed by atoms with van der Waals surface area (Å²) in [7, 11) is 3.14. The summed E-state index contributed by atoms with van der Waals surface area (Å²) in [6, 6.07) is 4.80. The Labute approximate surface area is 141 Å². The topological polar surface area (TPSA) is 88.1 Å². The number of amides is 2. The van der Waals surface area contributed by atoms with Gasteiger partial charge in [0.05, 0.1) is 25.7 Å². The molecule has 2 atom stereocenters. The molecule has 1 aliphatic heterocycles. The first kappa shape index (κ1) is 17.9. The van der Waals surface area contributed by atoms with Gasteiger partial charge in [0.15, 0.2) is 0 Å². The van der Waals surface area contributed by atoms with Gasteiger partial charge in [0.2, 0.25) is 0 Å². The van der Waals surface area contributed by atoms with E-state index in [0.29, 0.717) is 24.5 Å². The fourth-order valence-electron chi connectivity index (χ4n) is 2.84. The first-order valence-corrected chi connectivity index (χ1v) is 7.81. The molecule has 132 valence electrons. The Morgan fingerprint density at radius 2 is 2.04 bits per heavy atom. The first-order chi connectivity index (χ1) is 11.3. The van der Waals surface area contributed by atoms with Crippen LogP contribution in [0, 0.1) is 5.41 Å². The molecule has 0 spiro atoms. The summed E-state index contributed by atoms with van der Waals surface area (Å²) in [6.07, 6.45) is 0.451. The molecule has 1 aromatic carbocycles. The zero-order valence-corrected chi connectivity index (χ0v) is 14.5. The fraction of sp³-hybridized carbons (Fsp3) is 0.529. The van der Waals surface area contributed by atoms with Gasteiger partial charge in [-0.05, 0) is 38.5 Å². The van der Waals surface area contributed by atoms with E-state index in [1.807, 2.05) is 13.0 Å². The van der Waals surface area contributed by atoms with Crippen LogP contribution in [0.3, 0.4) is 0 Å². The Hall–Kier alpha value is -2.44. The van der Waals surface area contributed by atoms with Gasteiger partial charge in [-0.2, -0.15) is 0 Å². The molecule has 2 unspecified atom stereocenters. The highest BCUT2D eigenvalue weighted by Gasteiger charge is 2.42. The van der Waals surface area contributed by atoms with Crippen molar-refractivity contribution >= 4 is 12.0 Å². The number of ether oxygens (including phenoxy) is 2. The summed E-state index contributed by atoms with van der Waals surface area (Å²) < 4.78 is 10.6. The summed E-state index contributed by atoms with van der Waals surface area (Å²) in [5, 5.41) is 12.2. The van der Waals surface area contributed by atoms with E-state index in [4.69, 9.17) is 9.47 Å². The highest BCUT2D eigenvalue weighted by Crippen LogP contribution is 2.32. The van der Waals surface area contributed by atoms with E-state index < -0.39 is 11.4 Å². The number of rotatable bonds is 5.